The summed E-state index contributed by atoms with van der Waals surface area (Å²) in [5, 5.41) is 17.6. The summed E-state index contributed by atoms with van der Waals surface area (Å²) in [5.74, 6) is 1.22. The summed E-state index contributed by atoms with van der Waals surface area (Å²) in [7, 11) is 1.97. The van der Waals surface area contributed by atoms with Crippen LogP contribution in [0.4, 0.5) is 0 Å². The number of halogens is 2. The standard InChI is InChI=1S/C15H28Cl2N2O/c1-18-9-12(11-2-3-13(16)14(17)8-11)15(20)10-4-6-19-7-5-10/h10-15,18-20H,2-9H2,1H3/t11?,12-,13?,14?,15-/m1/s1. The van der Waals surface area contributed by atoms with Crippen LogP contribution in [-0.2, 0) is 0 Å². The van der Waals surface area contributed by atoms with Crippen molar-refractivity contribution in [1.29, 1.82) is 0 Å². The van der Waals surface area contributed by atoms with Crippen LogP contribution >= 0.6 is 23.2 Å². The number of aliphatic hydroxyl groups is 1. The Balaban J connectivity index is 1.97. The number of hydrogen-bond acceptors (Lipinski definition) is 3. The highest BCUT2D eigenvalue weighted by Gasteiger charge is 2.38. The summed E-state index contributed by atoms with van der Waals surface area (Å²) in [6.45, 7) is 2.92. The second-order valence-electron chi connectivity index (χ2n) is 6.40. The molecule has 1 aliphatic heterocycles. The van der Waals surface area contributed by atoms with Gasteiger partial charge in [-0.1, -0.05) is 0 Å². The lowest BCUT2D eigenvalue weighted by molar-refractivity contribution is 0.00468. The van der Waals surface area contributed by atoms with Crippen molar-refractivity contribution in [2.45, 2.75) is 49.0 Å². The number of aliphatic hydroxyl groups excluding tert-OH is 1. The molecule has 1 saturated heterocycles. The average molecular weight is 323 g/mol. The molecular weight excluding hydrogens is 295 g/mol. The topological polar surface area (TPSA) is 44.3 Å². The van der Waals surface area contributed by atoms with Crippen molar-refractivity contribution in [2.24, 2.45) is 17.8 Å². The number of piperidine rings is 1. The number of hydrogen-bond donors (Lipinski definition) is 3. The van der Waals surface area contributed by atoms with E-state index in [0.717, 1.165) is 51.7 Å². The summed E-state index contributed by atoms with van der Waals surface area (Å²) < 4.78 is 0. The van der Waals surface area contributed by atoms with Gasteiger partial charge >= 0.3 is 0 Å². The van der Waals surface area contributed by atoms with Crippen molar-refractivity contribution in [3.63, 3.8) is 0 Å². The molecule has 1 aliphatic carbocycles. The second kappa shape index (κ2) is 8.19. The predicted molar refractivity (Wildman–Crippen MR) is 85.6 cm³/mol. The summed E-state index contributed by atoms with van der Waals surface area (Å²) >= 11 is 12.6. The van der Waals surface area contributed by atoms with E-state index in [1.54, 1.807) is 0 Å². The highest BCUT2D eigenvalue weighted by Crippen LogP contribution is 2.38. The molecule has 0 aromatic heterocycles. The average Bonchev–Trinajstić information content (AvgIpc) is 2.48. The van der Waals surface area contributed by atoms with Crippen LogP contribution in [0.2, 0.25) is 0 Å². The van der Waals surface area contributed by atoms with Gasteiger partial charge in [0, 0.05) is 17.8 Å². The Kier molecular flexibility index (Phi) is 6.89. The maximum absolute atomic E-state index is 10.8. The fourth-order valence-corrected chi connectivity index (χ4v) is 4.42. The minimum absolute atomic E-state index is 0.0509. The predicted octanol–water partition coefficient (Wildman–Crippen LogP) is 2.20. The third-order valence-electron chi connectivity index (χ3n) is 5.08. The molecule has 0 bridgehead atoms. The van der Waals surface area contributed by atoms with E-state index in [9.17, 15) is 5.11 Å². The Labute approximate surface area is 132 Å². The van der Waals surface area contributed by atoms with Gasteiger partial charge in [0.05, 0.1) is 11.5 Å². The Morgan fingerprint density at radius 1 is 1.10 bits per heavy atom. The molecule has 20 heavy (non-hydrogen) atoms. The minimum atomic E-state index is -0.217. The van der Waals surface area contributed by atoms with E-state index < -0.39 is 0 Å². The molecule has 0 aromatic carbocycles. The Morgan fingerprint density at radius 2 is 1.80 bits per heavy atom. The molecule has 1 saturated carbocycles. The molecule has 0 amide bonds. The lowest BCUT2D eigenvalue weighted by atomic mass is 9.72. The molecule has 2 aliphatic rings. The van der Waals surface area contributed by atoms with Crippen LogP contribution in [-0.4, -0.2) is 48.6 Å². The van der Waals surface area contributed by atoms with Crippen molar-refractivity contribution < 1.29 is 5.11 Å². The molecule has 3 nitrogen and oxygen atoms in total. The summed E-state index contributed by atoms with van der Waals surface area (Å²) in [6.07, 6.45) is 4.94. The molecule has 0 spiro atoms. The largest absolute Gasteiger partial charge is 0.392 e. The van der Waals surface area contributed by atoms with Crippen LogP contribution < -0.4 is 10.6 Å². The van der Waals surface area contributed by atoms with E-state index in [1.165, 1.54) is 0 Å². The maximum atomic E-state index is 10.8. The third-order valence-corrected chi connectivity index (χ3v) is 6.22. The van der Waals surface area contributed by atoms with Crippen molar-refractivity contribution in [3.8, 4) is 0 Å². The molecule has 0 aromatic rings. The third kappa shape index (κ3) is 4.23. The van der Waals surface area contributed by atoms with Crippen LogP contribution in [0, 0.1) is 17.8 Å². The van der Waals surface area contributed by atoms with E-state index >= 15 is 0 Å². The van der Waals surface area contributed by atoms with Crippen LogP contribution in [0.5, 0.6) is 0 Å². The molecule has 3 N–H and O–H groups in total. The molecule has 5 atom stereocenters. The number of rotatable bonds is 5. The normalized spacial score (nSPS) is 35.7. The zero-order valence-corrected chi connectivity index (χ0v) is 13.8. The van der Waals surface area contributed by atoms with Gasteiger partial charge in [-0.2, -0.15) is 0 Å². The molecule has 0 radical (unpaired) electrons. The van der Waals surface area contributed by atoms with Crippen LogP contribution in [0.15, 0.2) is 0 Å². The van der Waals surface area contributed by atoms with Gasteiger partial charge in [-0.15, -0.1) is 23.2 Å². The van der Waals surface area contributed by atoms with Crippen LogP contribution in [0.3, 0.4) is 0 Å². The van der Waals surface area contributed by atoms with Gasteiger partial charge in [0.15, 0.2) is 0 Å². The first-order valence-corrected chi connectivity index (χ1v) is 8.82. The smallest absolute Gasteiger partial charge is 0.0612 e. The molecule has 1 heterocycles. The van der Waals surface area contributed by atoms with Crippen molar-refractivity contribution in [3.05, 3.63) is 0 Å². The van der Waals surface area contributed by atoms with E-state index in [1.807, 2.05) is 7.05 Å². The highest BCUT2D eigenvalue weighted by atomic mass is 35.5. The summed E-state index contributed by atoms with van der Waals surface area (Å²) in [5.41, 5.74) is 0. The van der Waals surface area contributed by atoms with Crippen molar-refractivity contribution in [1.82, 2.24) is 10.6 Å². The van der Waals surface area contributed by atoms with Crippen molar-refractivity contribution in [2.75, 3.05) is 26.7 Å². The first-order chi connectivity index (χ1) is 9.63. The molecule has 3 unspecified atom stereocenters. The van der Waals surface area contributed by atoms with Gasteiger partial charge in [0.2, 0.25) is 0 Å². The molecule has 5 heteroatoms. The van der Waals surface area contributed by atoms with Gasteiger partial charge in [-0.25, -0.2) is 0 Å². The Bertz CT molecular complexity index is 285. The van der Waals surface area contributed by atoms with Gasteiger partial charge in [-0.3, -0.25) is 0 Å². The van der Waals surface area contributed by atoms with Crippen molar-refractivity contribution >= 4 is 23.2 Å². The fraction of sp³-hybridized carbons (Fsp3) is 1.00. The SMILES string of the molecule is CNC[C@H](C1CCC(Cl)C(Cl)C1)[C@H](O)C1CCNCC1. The maximum Gasteiger partial charge on any atom is 0.0612 e. The Morgan fingerprint density at radius 3 is 2.40 bits per heavy atom. The van der Waals surface area contributed by atoms with Crippen LogP contribution in [0.1, 0.15) is 32.1 Å². The van der Waals surface area contributed by atoms with E-state index in [4.69, 9.17) is 23.2 Å². The van der Waals surface area contributed by atoms with Gasteiger partial charge in [0.1, 0.15) is 0 Å². The quantitative estimate of drug-likeness (QED) is 0.680. The number of alkyl halides is 2. The second-order valence-corrected chi connectivity index (χ2v) is 7.53. The van der Waals surface area contributed by atoms with Gasteiger partial charge in [0.25, 0.3) is 0 Å². The zero-order chi connectivity index (χ0) is 14.5. The summed E-state index contributed by atoms with van der Waals surface area (Å²) in [4.78, 5) is 0. The molecule has 118 valence electrons. The van der Waals surface area contributed by atoms with Gasteiger partial charge in [-0.05, 0) is 64.1 Å². The lowest BCUT2D eigenvalue weighted by Gasteiger charge is -2.40. The lowest BCUT2D eigenvalue weighted by Crippen LogP contribution is -2.45. The van der Waals surface area contributed by atoms with E-state index in [-0.39, 0.29) is 16.9 Å². The zero-order valence-electron chi connectivity index (χ0n) is 12.3. The van der Waals surface area contributed by atoms with Crippen LogP contribution in [0.25, 0.3) is 0 Å². The fourth-order valence-electron chi connectivity index (χ4n) is 3.84. The minimum Gasteiger partial charge on any atom is -0.392 e. The van der Waals surface area contributed by atoms with Gasteiger partial charge < -0.3 is 15.7 Å². The van der Waals surface area contributed by atoms with E-state index in [2.05, 4.69) is 10.6 Å². The molecule has 2 fully saturated rings. The Hall–Kier alpha value is 0.460. The monoisotopic (exact) mass is 322 g/mol. The number of nitrogens with one attached hydrogen (secondary N) is 2. The van der Waals surface area contributed by atoms with E-state index in [0.29, 0.717) is 17.8 Å². The molecule has 2 rings (SSSR count). The highest BCUT2D eigenvalue weighted by molar-refractivity contribution is 6.30. The summed E-state index contributed by atoms with van der Waals surface area (Å²) in [6, 6.07) is 0. The first-order valence-electron chi connectivity index (χ1n) is 7.95. The molecular formula is C15H28Cl2N2O. The first kappa shape index (κ1) is 16.8.